The number of thiazole rings is 1. The van der Waals surface area contributed by atoms with E-state index in [1.165, 1.54) is 11.3 Å². The maximum atomic E-state index is 13.4. The van der Waals surface area contributed by atoms with Gasteiger partial charge in [0.1, 0.15) is 5.58 Å². The predicted molar refractivity (Wildman–Crippen MR) is 135 cm³/mol. The summed E-state index contributed by atoms with van der Waals surface area (Å²) in [6.07, 6.45) is 0. The zero-order valence-electron chi connectivity index (χ0n) is 19.6. The molecule has 0 N–H and O–H groups in total. The fourth-order valence-corrected chi connectivity index (χ4v) is 5.19. The Hall–Kier alpha value is -3.62. The minimum absolute atomic E-state index is 0.0152. The SMILES string of the molecule is COCC(C)n1c(-c2cc3ccccc3o2)csc1=Nc1c(C)n(C)n(-c2ccccc2)c1=O. The Bertz CT molecular complexity index is 1550. The number of ether oxygens (including phenoxy) is 1. The molecule has 0 bridgehead atoms. The highest BCUT2D eigenvalue weighted by Gasteiger charge is 2.20. The van der Waals surface area contributed by atoms with Gasteiger partial charge in [0.25, 0.3) is 5.56 Å². The number of methoxy groups -OCH3 is 1. The number of fused-ring (bicyclic) bond motifs is 1. The highest BCUT2D eigenvalue weighted by atomic mass is 32.1. The maximum Gasteiger partial charge on any atom is 0.297 e. The molecule has 0 aliphatic carbocycles. The van der Waals surface area contributed by atoms with Gasteiger partial charge in [0, 0.05) is 24.9 Å². The molecular formula is C26H26N4O3S. The van der Waals surface area contributed by atoms with Crippen LogP contribution in [0.15, 0.2) is 80.2 Å². The van der Waals surface area contributed by atoms with E-state index in [2.05, 4.69) is 11.5 Å². The second-order valence-electron chi connectivity index (χ2n) is 8.25. The number of para-hydroxylation sites is 2. The van der Waals surface area contributed by atoms with E-state index in [0.717, 1.165) is 33.8 Å². The average molecular weight is 475 g/mol. The minimum atomic E-state index is -0.157. The fourth-order valence-electron chi connectivity index (χ4n) is 4.21. The molecule has 8 heteroatoms. The molecule has 5 aromatic rings. The summed E-state index contributed by atoms with van der Waals surface area (Å²) in [5.41, 5.74) is 3.59. The summed E-state index contributed by atoms with van der Waals surface area (Å²) < 4.78 is 17.2. The van der Waals surface area contributed by atoms with Gasteiger partial charge in [-0.05, 0) is 38.1 Å². The molecule has 0 spiro atoms. The first-order valence-corrected chi connectivity index (χ1v) is 11.9. The van der Waals surface area contributed by atoms with Crippen molar-refractivity contribution in [3.63, 3.8) is 0 Å². The summed E-state index contributed by atoms with van der Waals surface area (Å²) >= 11 is 1.48. The third kappa shape index (κ3) is 3.74. The van der Waals surface area contributed by atoms with E-state index in [4.69, 9.17) is 14.1 Å². The second-order valence-corrected chi connectivity index (χ2v) is 9.08. The Morgan fingerprint density at radius 1 is 1.12 bits per heavy atom. The summed E-state index contributed by atoms with van der Waals surface area (Å²) in [6, 6.07) is 19.6. The first kappa shape index (κ1) is 22.2. The van der Waals surface area contributed by atoms with Gasteiger partial charge in [-0.25, -0.2) is 9.67 Å². The van der Waals surface area contributed by atoms with Gasteiger partial charge in [-0.1, -0.05) is 36.4 Å². The van der Waals surface area contributed by atoms with Crippen molar-refractivity contribution in [1.29, 1.82) is 0 Å². The molecular weight excluding hydrogens is 448 g/mol. The van der Waals surface area contributed by atoms with Gasteiger partial charge in [-0.2, -0.15) is 0 Å². The van der Waals surface area contributed by atoms with Crippen LogP contribution in [-0.4, -0.2) is 27.6 Å². The zero-order chi connectivity index (χ0) is 23.8. The van der Waals surface area contributed by atoms with Crippen LogP contribution in [0.5, 0.6) is 0 Å². The zero-order valence-corrected chi connectivity index (χ0v) is 20.4. The highest BCUT2D eigenvalue weighted by molar-refractivity contribution is 7.07. The van der Waals surface area contributed by atoms with Crippen molar-refractivity contribution in [2.75, 3.05) is 13.7 Å². The smallest absolute Gasteiger partial charge is 0.297 e. The third-order valence-electron chi connectivity index (χ3n) is 6.00. The van der Waals surface area contributed by atoms with E-state index in [1.54, 1.807) is 11.8 Å². The van der Waals surface area contributed by atoms with Crippen LogP contribution in [0.4, 0.5) is 5.69 Å². The molecule has 5 rings (SSSR count). The molecule has 0 fully saturated rings. The average Bonchev–Trinajstić information content (AvgIpc) is 3.51. The fraction of sp³-hybridized carbons (Fsp3) is 0.231. The van der Waals surface area contributed by atoms with E-state index < -0.39 is 0 Å². The summed E-state index contributed by atoms with van der Waals surface area (Å²) in [5, 5.41) is 3.06. The third-order valence-corrected chi connectivity index (χ3v) is 6.84. The first-order chi connectivity index (χ1) is 16.5. The van der Waals surface area contributed by atoms with E-state index >= 15 is 0 Å². The summed E-state index contributed by atoms with van der Waals surface area (Å²) in [6.45, 7) is 4.48. The molecule has 3 heterocycles. The number of rotatable bonds is 6. The molecule has 0 saturated carbocycles. The number of furan rings is 1. The largest absolute Gasteiger partial charge is 0.454 e. The minimum Gasteiger partial charge on any atom is -0.454 e. The highest BCUT2D eigenvalue weighted by Crippen LogP contribution is 2.30. The molecule has 3 aromatic heterocycles. The first-order valence-electron chi connectivity index (χ1n) is 11.1. The Balaban J connectivity index is 1.71. The van der Waals surface area contributed by atoms with Gasteiger partial charge in [-0.15, -0.1) is 11.3 Å². The molecule has 0 aliphatic rings. The van der Waals surface area contributed by atoms with Crippen molar-refractivity contribution >= 4 is 28.0 Å². The van der Waals surface area contributed by atoms with Crippen molar-refractivity contribution in [3.8, 4) is 17.1 Å². The van der Waals surface area contributed by atoms with Crippen molar-refractivity contribution < 1.29 is 9.15 Å². The normalized spacial score (nSPS) is 13.1. The quantitative estimate of drug-likeness (QED) is 0.340. The lowest BCUT2D eigenvalue weighted by Crippen LogP contribution is -2.23. The molecule has 7 nitrogen and oxygen atoms in total. The Kier molecular flexibility index (Phi) is 5.85. The van der Waals surface area contributed by atoms with Crippen LogP contribution in [-0.2, 0) is 11.8 Å². The summed E-state index contributed by atoms with van der Waals surface area (Å²) in [4.78, 5) is 19.0. The lowest BCUT2D eigenvalue weighted by Gasteiger charge is -2.15. The van der Waals surface area contributed by atoms with Crippen LogP contribution in [0.1, 0.15) is 18.7 Å². The monoisotopic (exact) mass is 474 g/mol. The van der Waals surface area contributed by atoms with Crippen LogP contribution >= 0.6 is 11.3 Å². The Morgan fingerprint density at radius 2 is 1.85 bits per heavy atom. The van der Waals surface area contributed by atoms with E-state index in [1.807, 2.05) is 84.7 Å². The number of hydrogen-bond donors (Lipinski definition) is 0. The van der Waals surface area contributed by atoms with E-state index in [9.17, 15) is 4.79 Å². The lowest BCUT2D eigenvalue weighted by molar-refractivity contribution is 0.161. The standard InChI is InChI=1S/C26H26N4O3S/c1-17(15-32-4)29-21(23-14-19-10-8-9-13-22(19)33-23)16-34-26(29)27-24-18(2)28(3)30(25(24)31)20-11-6-5-7-12-20/h5-14,16-17H,15H2,1-4H3. The lowest BCUT2D eigenvalue weighted by atomic mass is 10.2. The van der Waals surface area contributed by atoms with Crippen molar-refractivity contribution in [2.45, 2.75) is 19.9 Å². The van der Waals surface area contributed by atoms with Gasteiger partial charge in [-0.3, -0.25) is 9.48 Å². The molecule has 0 amide bonds. The molecule has 0 aliphatic heterocycles. The Labute approximate surface area is 200 Å². The molecule has 34 heavy (non-hydrogen) atoms. The van der Waals surface area contributed by atoms with Crippen molar-refractivity contribution in [2.24, 2.45) is 12.0 Å². The predicted octanol–water partition coefficient (Wildman–Crippen LogP) is 5.20. The van der Waals surface area contributed by atoms with Gasteiger partial charge < -0.3 is 13.7 Å². The van der Waals surface area contributed by atoms with Crippen molar-refractivity contribution in [3.05, 3.63) is 86.9 Å². The molecule has 1 atom stereocenters. The second kappa shape index (κ2) is 8.96. The van der Waals surface area contributed by atoms with Crippen LogP contribution in [0.3, 0.4) is 0 Å². The van der Waals surface area contributed by atoms with Gasteiger partial charge in [0.05, 0.1) is 29.7 Å². The van der Waals surface area contributed by atoms with Gasteiger partial charge >= 0.3 is 0 Å². The van der Waals surface area contributed by atoms with Gasteiger partial charge in [0.15, 0.2) is 16.2 Å². The molecule has 0 radical (unpaired) electrons. The van der Waals surface area contributed by atoms with Crippen LogP contribution in [0.25, 0.3) is 28.1 Å². The number of benzene rings is 2. The Morgan fingerprint density at radius 3 is 2.59 bits per heavy atom. The number of hydrogen-bond acceptors (Lipinski definition) is 5. The molecule has 0 saturated heterocycles. The maximum absolute atomic E-state index is 13.4. The van der Waals surface area contributed by atoms with E-state index in [-0.39, 0.29) is 11.6 Å². The van der Waals surface area contributed by atoms with Crippen LogP contribution in [0.2, 0.25) is 0 Å². The number of aromatic nitrogens is 3. The van der Waals surface area contributed by atoms with Crippen LogP contribution < -0.4 is 10.4 Å². The van der Waals surface area contributed by atoms with Gasteiger partial charge in [0.2, 0.25) is 0 Å². The summed E-state index contributed by atoms with van der Waals surface area (Å²) in [5.74, 6) is 0.758. The number of nitrogens with zero attached hydrogens (tertiary/aromatic N) is 4. The summed E-state index contributed by atoms with van der Waals surface area (Å²) in [7, 11) is 3.56. The van der Waals surface area contributed by atoms with Crippen molar-refractivity contribution in [1.82, 2.24) is 13.9 Å². The van der Waals surface area contributed by atoms with E-state index in [0.29, 0.717) is 17.1 Å². The van der Waals surface area contributed by atoms with Crippen LogP contribution in [0, 0.1) is 6.92 Å². The molecule has 1 unspecified atom stereocenters. The molecule has 174 valence electrons. The topological polar surface area (TPSA) is 66.6 Å². The molecule has 2 aromatic carbocycles.